The number of furan rings is 1. The van der Waals surface area contributed by atoms with Crippen LogP contribution >= 0.6 is 0 Å². The number of ether oxygens (including phenoxy) is 1. The van der Waals surface area contributed by atoms with Crippen LogP contribution in [-0.2, 0) is 14.3 Å². The van der Waals surface area contributed by atoms with Crippen molar-refractivity contribution in [2.45, 2.75) is 12.8 Å². The lowest BCUT2D eigenvalue weighted by molar-refractivity contribution is -0.140. The van der Waals surface area contributed by atoms with E-state index in [1.54, 1.807) is 30.3 Å². The predicted molar refractivity (Wildman–Crippen MR) is 107 cm³/mol. The number of hydrogen-bond donors (Lipinski definition) is 0. The van der Waals surface area contributed by atoms with Gasteiger partial charge in [-0.05, 0) is 48.9 Å². The average molecular weight is 404 g/mol. The standard InChI is InChI=1S/C23H20N2O5/c1-29-23(28)16-4-2-3-15(11-16)18-10-9-17(30-18)12-24-25-21(26)19-13-5-6-14(8-7-13)20(19)22(25)27/h2-6,9-14,19-20H,7-8H2,1H3/b24-12-/t13-,14-,19-,20+/m1/s1. The van der Waals surface area contributed by atoms with Gasteiger partial charge < -0.3 is 9.15 Å². The molecule has 0 radical (unpaired) electrons. The SMILES string of the molecule is COC(=O)c1cccc(-c2ccc(/C=N\N3C(=O)[C@@H]4[C@H](C3=O)[C@@H]3C=C[C@@H]4CC3)o2)c1. The van der Waals surface area contributed by atoms with Crippen molar-refractivity contribution in [3.8, 4) is 11.3 Å². The number of imide groups is 1. The lowest BCUT2D eigenvalue weighted by atomic mass is 9.63. The highest BCUT2D eigenvalue weighted by molar-refractivity contribution is 6.06. The summed E-state index contributed by atoms with van der Waals surface area (Å²) in [5.41, 5.74) is 1.13. The van der Waals surface area contributed by atoms with Crippen LogP contribution in [0.3, 0.4) is 0 Å². The zero-order chi connectivity index (χ0) is 20.8. The maximum atomic E-state index is 12.8. The van der Waals surface area contributed by atoms with Gasteiger partial charge in [-0.25, -0.2) is 4.79 Å². The predicted octanol–water partition coefficient (Wildman–Crippen LogP) is 3.26. The zero-order valence-electron chi connectivity index (χ0n) is 16.4. The minimum absolute atomic E-state index is 0.133. The van der Waals surface area contributed by atoms with Gasteiger partial charge in [0.2, 0.25) is 0 Å². The molecule has 1 saturated heterocycles. The number of carbonyl (C=O) groups excluding carboxylic acids is 3. The fraction of sp³-hybridized carbons (Fsp3) is 0.304. The molecule has 4 aliphatic rings. The summed E-state index contributed by atoms with van der Waals surface area (Å²) >= 11 is 0. The molecule has 1 saturated carbocycles. The molecule has 4 atom stereocenters. The molecule has 1 aromatic heterocycles. The van der Waals surface area contributed by atoms with Crippen molar-refractivity contribution in [1.29, 1.82) is 0 Å². The Balaban J connectivity index is 1.35. The van der Waals surface area contributed by atoms with E-state index in [9.17, 15) is 14.4 Å². The van der Waals surface area contributed by atoms with Crippen LogP contribution in [0.25, 0.3) is 11.3 Å². The number of allylic oxidation sites excluding steroid dienone is 2. The highest BCUT2D eigenvalue weighted by Gasteiger charge is 2.56. The van der Waals surface area contributed by atoms with Crippen molar-refractivity contribution < 1.29 is 23.5 Å². The number of amides is 2. The van der Waals surface area contributed by atoms with Crippen molar-refractivity contribution in [3.63, 3.8) is 0 Å². The molecular weight excluding hydrogens is 384 g/mol. The fourth-order valence-electron chi connectivity index (χ4n) is 4.78. The maximum absolute atomic E-state index is 12.8. The number of fused-ring (bicyclic) bond motifs is 1. The van der Waals surface area contributed by atoms with Crippen LogP contribution in [0.15, 0.2) is 58.1 Å². The molecular formula is C23H20N2O5. The molecule has 7 heteroatoms. The first-order valence-electron chi connectivity index (χ1n) is 9.95. The third-order valence-corrected chi connectivity index (χ3v) is 6.23. The van der Waals surface area contributed by atoms with Gasteiger partial charge in [-0.3, -0.25) is 9.59 Å². The van der Waals surface area contributed by atoms with Gasteiger partial charge in [-0.1, -0.05) is 24.3 Å². The normalized spacial score (nSPS) is 27.2. The Morgan fingerprint density at radius 1 is 1.10 bits per heavy atom. The third-order valence-electron chi connectivity index (χ3n) is 6.23. The van der Waals surface area contributed by atoms with E-state index in [4.69, 9.17) is 9.15 Å². The molecule has 3 aliphatic carbocycles. The van der Waals surface area contributed by atoms with Gasteiger partial charge >= 0.3 is 5.97 Å². The van der Waals surface area contributed by atoms with E-state index in [1.807, 2.05) is 6.07 Å². The quantitative estimate of drug-likeness (QED) is 0.338. The molecule has 0 spiro atoms. The molecule has 0 unspecified atom stereocenters. The minimum atomic E-state index is -0.429. The monoisotopic (exact) mass is 404 g/mol. The summed E-state index contributed by atoms with van der Waals surface area (Å²) < 4.78 is 10.5. The zero-order valence-corrected chi connectivity index (χ0v) is 16.4. The second kappa shape index (κ2) is 7.09. The van der Waals surface area contributed by atoms with Crippen LogP contribution in [0, 0.1) is 23.7 Å². The first-order valence-corrected chi connectivity index (χ1v) is 9.95. The summed E-state index contributed by atoms with van der Waals surface area (Å²) in [6, 6.07) is 10.3. The maximum Gasteiger partial charge on any atom is 0.337 e. The van der Waals surface area contributed by atoms with Gasteiger partial charge in [0, 0.05) is 5.56 Å². The Bertz CT molecular complexity index is 1070. The number of hydrogen-bond acceptors (Lipinski definition) is 6. The first-order chi connectivity index (χ1) is 14.6. The second-order valence-corrected chi connectivity index (χ2v) is 7.85. The van der Waals surface area contributed by atoms with Crippen molar-refractivity contribution in [1.82, 2.24) is 5.01 Å². The molecule has 7 nitrogen and oxygen atoms in total. The van der Waals surface area contributed by atoms with Gasteiger partial charge in [0.1, 0.15) is 11.5 Å². The molecule has 1 aliphatic heterocycles. The van der Waals surface area contributed by atoms with Crippen LogP contribution in [0.2, 0.25) is 0 Å². The Hall–Kier alpha value is -3.48. The number of benzene rings is 1. The molecule has 6 rings (SSSR count). The van der Waals surface area contributed by atoms with E-state index in [2.05, 4.69) is 17.3 Å². The fourth-order valence-corrected chi connectivity index (χ4v) is 4.78. The van der Waals surface area contributed by atoms with Gasteiger partial charge in [0.15, 0.2) is 0 Å². The molecule has 30 heavy (non-hydrogen) atoms. The topological polar surface area (TPSA) is 89.2 Å². The number of methoxy groups -OCH3 is 1. The Labute approximate surface area is 173 Å². The number of esters is 1. The van der Waals surface area contributed by atoms with Gasteiger partial charge in [0.25, 0.3) is 11.8 Å². The first kappa shape index (κ1) is 18.5. The summed E-state index contributed by atoms with van der Waals surface area (Å²) in [4.78, 5) is 37.3. The van der Waals surface area contributed by atoms with E-state index in [0.717, 1.165) is 17.9 Å². The van der Waals surface area contributed by atoms with Crippen LogP contribution in [0.5, 0.6) is 0 Å². The molecule has 2 heterocycles. The van der Waals surface area contributed by atoms with Crippen molar-refractivity contribution in [2.24, 2.45) is 28.8 Å². The van der Waals surface area contributed by atoms with E-state index >= 15 is 0 Å². The number of carbonyl (C=O) groups is 3. The molecule has 2 bridgehead atoms. The molecule has 2 aromatic rings. The Morgan fingerprint density at radius 2 is 1.80 bits per heavy atom. The largest absolute Gasteiger partial charge is 0.465 e. The Morgan fingerprint density at radius 3 is 2.43 bits per heavy atom. The van der Waals surface area contributed by atoms with Crippen LogP contribution in [0.4, 0.5) is 0 Å². The van der Waals surface area contributed by atoms with Crippen LogP contribution in [0.1, 0.15) is 29.0 Å². The summed E-state index contributed by atoms with van der Waals surface area (Å²) in [5, 5.41) is 5.16. The summed E-state index contributed by atoms with van der Waals surface area (Å²) in [7, 11) is 1.33. The van der Waals surface area contributed by atoms with Gasteiger partial charge in [0.05, 0.1) is 30.7 Å². The lowest BCUT2D eigenvalue weighted by Crippen LogP contribution is -2.38. The van der Waals surface area contributed by atoms with E-state index < -0.39 is 5.97 Å². The highest BCUT2D eigenvalue weighted by Crippen LogP contribution is 2.49. The third kappa shape index (κ3) is 2.89. The number of nitrogens with zero attached hydrogens (tertiary/aromatic N) is 2. The average Bonchev–Trinajstić information content (AvgIpc) is 3.37. The van der Waals surface area contributed by atoms with Crippen molar-refractivity contribution >= 4 is 24.0 Å². The van der Waals surface area contributed by atoms with Crippen molar-refractivity contribution in [2.75, 3.05) is 7.11 Å². The molecule has 2 fully saturated rings. The van der Waals surface area contributed by atoms with E-state index in [1.165, 1.54) is 13.3 Å². The molecule has 152 valence electrons. The van der Waals surface area contributed by atoms with Crippen molar-refractivity contribution in [3.05, 3.63) is 59.9 Å². The summed E-state index contributed by atoms with van der Waals surface area (Å²) in [6.07, 6.45) is 7.44. The second-order valence-electron chi connectivity index (χ2n) is 7.85. The number of rotatable bonds is 4. The number of hydrazone groups is 1. The minimum Gasteiger partial charge on any atom is -0.465 e. The van der Waals surface area contributed by atoms with E-state index in [-0.39, 0.29) is 35.5 Å². The summed E-state index contributed by atoms with van der Waals surface area (Å²) in [6.45, 7) is 0. The van der Waals surface area contributed by atoms with Crippen LogP contribution in [-0.4, -0.2) is 36.1 Å². The van der Waals surface area contributed by atoms with Gasteiger partial charge in [-0.15, -0.1) is 0 Å². The van der Waals surface area contributed by atoms with E-state index in [0.29, 0.717) is 22.6 Å². The molecule has 1 aromatic carbocycles. The molecule has 0 N–H and O–H groups in total. The Kier molecular flexibility index (Phi) is 4.38. The van der Waals surface area contributed by atoms with Crippen LogP contribution < -0.4 is 0 Å². The van der Waals surface area contributed by atoms with Gasteiger partial charge in [-0.2, -0.15) is 10.1 Å². The summed E-state index contributed by atoms with van der Waals surface area (Å²) in [5.74, 6) is -0.236. The lowest BCUT2D eigenvalue weighted by Gasteiger charge is -2.37. The molecule has 2 amide bonds. The smallest absolute Gasteiger partial charge is 0.337 e. The highest BCUT2D eigenvalue weighted by atomic mass is 16.5.